The van der Waals surface area contributed by atoms with E-state index in [2.05, 4.69) is 10.3 Å². The first kappa shape index (κ1) is 16.8. The highest BCUT2D eigenvalue weighted by Gasteiger charge is 2.08. The number of benzene rings is 2. The topological polar surface area (TPSA) is 86.5 Å². The Hall–Kier alpha value is -3.06. The van der Waals surface area contributed by atoms with Gasteiger partial charge in [-0.05, 0) is 42.5 Å². The molecule has 0 aliphatic heterocycles. The van der Waals surface area contributed by atoms with Crippen molar-refractivity contribution in [2.24, 2.45) is 0 Å². The predicted molar refractivity (Wildman–Crippen MR) is 99.1 cm³/mol. The number of thiazole rings is 1. The second-order valence-electron chi connectivity index (χ2n) is 5.19. The van der Waals surface area contributed by atoms with Gasteiger partial charge in [-0.3, -0.25) is 4.79 Å². The number of carbonyl (C=O) groups is 1. The van der Waals surface area contributed by atoms with Crippen LogP contribution in [0, 0.1) is 0 Å². The van der Waals surface area contributed by atoms with Gasteiger partial charge in [-0.15, -0.1) is 11.3 Å². The molecule has 0 saturated heterocycles. The SMILES string of the molecule is COc1ccc(NC(=O)COc2ccc(-c3cscn3)cc2N)cc1. The molecule has 6 nitrogen and oxygen atoms in total. The summed E-state index contributed by atoms with van der Waals surface area (Å²) < 4.78 is 10.6. The van der Waals surface area contributed by atoms with Crippen molar-refractivity contribution in [2.75, 3.05) is 24.8 Å². The normalized spacial score (nSPS) is 10.3. The van der Waals surface area contributed by atoms with Gasteiger partial charge in [0.25, 0.3) is 5.91 Å². The van der Waals surface area contributed by atoms with Gasteiger partial charge in [-0.25, -0.2) is 4.98 Å². The van der Waals surface area contributed by atoms with Crippen LogP contribution in [0.15, 0.2) is 53.4 Å². The number of carbonyl (C=O) groups excluding carboxylic acids is 1. The van der Waals surface area contributed by atoms with Gasteiger partial charge in [0, 0.05) is 16.6 Å². The smallest absolute Gasteiger partial charge is 0.262 e. The molecule has 0 spiro atoms. The lowest BCUT2D eigenvalue weighted by Gasteiger charge is -2.10. The molecule has 25 heavy (non-hydrogen) atoms. The fourth-order valence-electron chi connectivity index (χ4n) is 2.21. The van der Waals surface area contributed by atoms with Crippen LogP contribution < -0.4 is 20.5 Å². The van der Waals surface area contributed by atoms with E-state index in [9.17, 15) is 4.79 Å². The van der Waals surface area contributed by atoms with E-state index < -0.39 is 0 Å². The summed E-state index contributed by atoms with van der Waals surface area (Å²) in [5.74, 6) is 0.916. The quantitative estimate of drug-likeness (QED) is 0.662. The van der Waals surface area contributed by atoms with E-state index >= 15 is 0 Å². The maximum atomic E-state index is 12.0. The van der Waals surface area contributed by atoms with E-state index in [1.54, 1.807) is 49.0 Å². The van der Waals surface area contributed by atoms with E-state index in [1.165, 1.54) is 11.3 Å². The average molecular weight is 355 g/mol. The predicted octanol–water partition coefficient (Wildman–Crippen LogP) is 3.42. The molecule has 0 fully saturated rings. The third-order valence-corrected chi connectivity index (χ3v) is 4.06. The first-order valence-corrected chi connectivity index (χ1v) is 8.45. The zero-order chi connectivity index (χ0) is 17.6. The Balaban J connectivity index is 1.58. The van der Waals surface area contributed by atoms with Gasteiger partial charge >= 0.3 is 0 Å². The Morgan fingerprint density at radius 1 is 1.24 bits per heavy atom. The Morgan fingerprint density at radius 2 is 2.04 bits per heavy atom. The first-order valence-electron chi connectivity index (χ1n) is 7.50. The maximum absolute atomic E-state index is 12.0. The molecule has 7 heteroatoms. The van der Waals surface area contributed by atoms with Crippen LogP contribution in [-0.2, 0) is 4.79 Å². The monoisotopic (exact) mass is 355 g/mol. The van der Waals surface area contributed by atoms with Crippen molar-refractivity contribution >= 4 is 28.6 Å². The van der Waals surface area contributed by atoms with Crippen LogP contribution in [0.2, 0.25) is 0 Å². The number of aromatic nitrogens is 1. The minimum atomic E-state index is -0.270. The van der Waals surface area contributed by atoms with Crippen LogP contribution in [0.25, 0.3) is 11.3 Å². The third kappa shape index (κ3) is 4.27. The second-order valence-corrected chi connectivity index (χ2v) is 5.91. The van der Waals surface area contributed by atoms with Crippen molar-refractivity contribution in [3.8, 4) is 22.8 Å². The third-order valence-electron chi connectivity index (χ3n) is 3.47. The van der Waals surface area contributed by atoms with E-state index in [0.717, 1.165) is 17.0 Å². The number of ether oxygens (including phenoxy) is 2. The van der Waals surface area contributed by atoms with E-state index in [0.29, 0.717) is 17.1 Å². The number of methoxy groups -OCH3 is 1. The van der Waals surface area contributed by atoms with Crippen molar-refractivity contribution in [2.45, 2.75) is 0 Å². The Morgan fingerprint density at radius 3 is 2.68 bits per heavy atom. The maximum Gasteiger partial charge on any atom is 0.262 e. The number of nitrogens with one attached hydrogen (secondary N) is 1. The van der Waals surface area contributed by atoms with Crippen LogP contribution in [-0.4, -0.2) is 24.6 Å². The molecule has 1 amide bonds. The summed E-state index contributed by atoms with van der Waals surface area (Å²) in [5.41, 5.74) is 10.7. The summed E-state index contributed by atoms with van der Waals surface area (Å²) in [6.45, 7) is -0.133. The average Bonchev–Trinajstić information content (AvgIpc) is 3.16. The summed E-state index contributed by atoms with van der Waals surface area (Å²) in [4.78, 5) is 16.2. The lowest BCUT2D eigenvalue weighted by molar-refractivity contribution is -0.118. The van der Waals surface area contributed by atoms with E-state index in [4.69, 9.17) is 15.2 Å². The molecule has 0 aliphatic rings. The highest BCUT2D eigenvalue weighted by atomic mass is 32.1. The molecule has 0 bridgehead atoms. The number of rotatable bonds is 6. The molecule has 0 atom stereocenters. The fraction of sp³-hybridized carbons (Fsp3) is 0.111. The summed E-state index contributed by atoms with van der Waals surface area (Å²) >= 11 is 1.52. The van der Waals surface area contributed by atoms with Gasteiger partial charge in [-0.2, -0.15) is 0 Å². The molecule has 1 heterocycles. The number of nitrogens with zero attached hydrogens (tertiary/aromatic N) is 1. The molecule has 3 aromatic rings. The highest BCUT2D eigenvalue weighted by molar-refractivity contribution is 7.07. The Kier molecular flexibility index (Phi) is 5.15. The zero-order valence-corrected chi connectivity index (χ0v) is 14.4. The van der Waals surface area contributed by atoms with Crippen molar-refractivity contribution in [1.82, 2.24) is 4.98 Å². The summed E-state index contributed by atoms with van der Waals surface area (Å²) in [6, 6.07) is 12.4. The molecule has 0 aliphatic carbocycles. The number of hydrogen-bond acceptors (Lipinski definition) is 6. The number of hydrogen-bond donors (Lipinski definition) is 2. The van der Waals surface area contributed by atoms with Gasteiger partial charge in [-0.1, -0.05) is 0 Å². The van der Waals surface area contributed by atoms with Crippen molar-refractivity contribution in [1.29, 1.82) is 0 Å². The van der Waals surface area contributed by atoms with Crippen LogP contribution in [0.1, 0.15) is 0 Å². The largest absolute Gasteiger partial charge is 0.497 e. The lowest BCUT2D eigenvalue weighted by atomic mass is 10.1. The molecule has 0 unspecified atom stereocenters. The van der Waals surface area contributed by atoms with Crippen LogP contribution >= 0.6 is 11.3 Å². The summed E-state index contributed by atoms with van der Waals surface area (Å²) in [7, 11) is 1.59. The van der Waals surface area contributed by atoms with Gasteiger partial charge in [0.15, 0.2) is 6.61 Å². The van der Waals surface area contributed by atoms with Gasteiger partial charge in [0.05, 0.1) is 24.0 Å². The molecule has 3 rings (SSSR count). The van der Waals surface area contributed by atoms with E-state index in [1.807, 2.05) is 11.4 Å². The molecule has 0 saturated carbocycles. The molecule has 0 radical (unpaired) electrons. The van der Waals surface area contributed by atoms with Crippen LogP contribution in [0.4, 0.5) is 11.4 Å². The fourth-order valence-corrected chi connectivity index (χ4v) is 2.77. The minimum absolute atomic E-state index is 0.133. The lowest BCUT2D eigenvalue weighted by Crippen LogP contribution is -2.20. The van der Waals surface area contributed by atoms with Crippen molar-refractivity contribution in [3.05, 3.63) is 53.4 Å². The Bertz CT molecular complexity index is 849. The highest BCUT2D eigenvalue weighted by Crippen LogP contribution is 2.28. The van der Waals surface area contributed by atoms with Crippen LogP contribution in [0.5, 0.6) is 11.5 Å². The minimum Gasteiger partial charge on any atom is -0.497 e. The van der Waals surface area contributed by atoms with Crippen molar-refractivity contribution in [3.63, 3.8) is 0 Å². The molecule has 2 aromatic carbocycles. The number of anilines is 2. The van der Waals surface area contributed by atoms with Gasteiger partial charge < -0.3 is 20.5 Å². The number of amides is 1. The standard InChI is InChI=1S/C18H17N3O3S/c1-23-14-5-3-13(4-6-14)21-18(22)9-24-17-7-2-12(8-15(17)19)16-10-25-11-20-16/h2-8,10-11H,9,19H2,1H3,(H,21,22). The summed E-state index contributed by atoms with van der Waals surface area (Å²) in [6.07, 6.45) is 0. The summed E-state index contributed by atoms with van der Waals surface area (Å²) in [5, 5.41) is 4.69. The number of nitrogen functional groups attached to an aromatic ring is 1. The van der Waals surface area contributed by atoms with Gasteiger partial charge in [0.1, 0.15) is 11.5 Å². The second kappa shape index (κ2) is 7.67. The molecule has 1 aromatic heterocycles. The number of nitrogens with two attached hydrogens (primary N) is 1. The first-order chi connectivity index (χ1) is 12.2. The van der Waals surface area contributed by atoms with Crippen molar-refractivity contribution < 1.29 is 14.3 Å². The van der Waals surface area contributed by atoms with Gasteiger partial charge in [0.2, 0.25) is 0 Å². The Labute approximate surface area is 149 Å². The molecule has 128 valence electrons. The van der Waals surface area contributed by atoms with Crippen LogP contribution in [0.3, 0.4) is 0 Å². The zero-order valence-electron chi connectivity index (χ0n) is 13.6. The van der Waals surface area contributed by atoms with E-state index in [-0.39, 0.29) is 12.5 Å². The molecule has 3 N–H and O–H groups in total. The molecular weight excluding hydrogens is 338 g/mol. The molecular formula is C18H17N3O3S.